The van der Waals surface area contributed by atoms with Crippen molar-refractivity contribution in [1.82, 2.24) is 5.32 Å². The van der Waals surface area contributed by atoms with E-state index >= 15 is 0 Å². The third-order valence-electron chi connectivity index (χ3n) is 3.36. The zero-order valence-electron chi connectivity index (χ0n) is 11.0. The Kier molecular flexibility index (Phi) is 4.28. The van der Waals surface area contributed by atoms with Crippen LogP contribution >= 0.6 is 11.8 Å². The number of thioether (sulfide) groups is 1. The predicted octanol–water partition coefficient (Wildman–Crippen LogP) is 3.89. The van der Waals surface area contributed by atoms with Crippen molar-refractivity contribution in [3.8, 4) is 0 Å². The number of hydrogen-bond acceptors (Lipinski definition) is 2. The van der Waals surface area contributed by atoms with Crippen LogP contribution in [0.5, 0.6) is 0 Å². The lowest BCUT2D eigenvalue weighted by Crippen LogP contribution is -2.36. The zero-order chi connectivity index (χ0) is 13.3. The van der Waals surface area contributed by atoms with Crippen molar-refractivity contribution < 1.29 is 8.78 Å². The second-order valence-corrected chi connectivity index (χ2v) is 6.18. The standard InChI is InChI=1S/C14H19F2NS/c1-4-17-13-10-5-9(15)6-12(16)11(10)7-18-14(13)8(2)3/h5-6,8,13-14,17H,4,7H2,1-3H3. The highest BCUT2D eigenvalue weighted by Crippen LogP contribution is 2.42. The van der Waals surface area contributed by atoms with Gasteiger partial charge in [-0.25, -0.2) is 8.78 Å². The molecular formula is C14H19F2NS. The molecule has 0 aromatic heterocycles. The molecule has 1 heterocycles. The van der Waals surface area contributed by atoms with E-state index in [1.165, 1.54) is 6.07 Å². The lowest BCUT2D eigenvalue weighted by molar-refractivity contribution is 0.440. The summed E-state index contributed by atoms with van der Waals surface area (Å²) >= 11 is 1.76. The largest absolute Gasteiger partial charge is 0.309 e. The van der Waals surface area contributed by atoms with E-state index in [1.54, 1.807) is 11.8 Å². The molecule has 2 atom stereocenters. The van der Waals surface area contributed by atoms with Gasteiger partial charge in [-0.1, -0.05) is 20.8 Å². The highest BCUT2D eigenvalue weighted by Gasteiger charge is 2.33. The van der Waals surface area contributed by atoms with Gasteiger partial charge in [0.25, 0.3) is 0 Å². The summed E-state index contributed by atoms with van der Waals surface area (Å²) in [5.41, 5.74) is 1.45. The van der Waals surface area contributed by atoms with Crippen LogP contribution in [0.3, 0.4) is 0 Å². The Morgan fingerprint density at radius 3 is 2.72 bits per heavy atom. The summed E-state index contributed by atoms with van der Waals surface area (Å²) in [4.78, 5) is 0. The van der Waals surface area contributed by atoms with Crippen LogP contribution in [-0.2, 0) is 5.75 Å². The van der Waals surface area contributed by atoms with Gasteiger partial charge >= 0.3 is 0 Å². The minimum Gasteiger partial charge on any atom is -0.309 e. The number of rotatable bonds is 3. The quantitative estimate of drug-likeness (QED) is 0.895. The van der Waals surface area contributed by atoms with E-state index in [-0.39, 0.29) is 6.04 Å². The smallest absolute Gasteiger partial charge is 0.130 e. The molecule has 1 aromatic carbocycles. The minimum absolute atomic E-state index is 0.0361. The average Bonchev–Trinajstić information content (AvgIpc) is 2.29. The van der Waals surface area contributed by atoms with Gasteiger partial charge in [-0.15, -0.1) is 0 Å². The average molecular weight is 271 g/mol. The molecule has 1 aromatic rings. The summed E-state index contributed by atoms with van der Waals surface area (Å²) in [5.74, 6) is 0.205. The fraction of sp³-hybridized carbons (Fsp3) is 0.571. The maximum atomic E-state index is 13.8. The summed E-state index contributed by atoms with van der Waals surface area (Å²) in [7, 11) is 0. The lowest BCUT2D eigenvalue weighted by atomic mass is 9.92. The first-order chi connectivity index (χ1) is 8.54. The molecule has 0 radical (unpaired) electrons. The maximum absolute atomic E-state index is 13.8. The highest BCUT2D eigenvalue weighted by atomic mass is 32.2. The van der Waals surface area contributed by atoms with Gasteiger partial charge < -0.3 is 5.32 Å². The molecule has 1 aliphatic rings. The Balaban J connectivity index is 2.45. The highest BCUT2D eigenvalue weighted by molar-refractivity contribution is 7.99. The van der Waals surface area contributed by atoms with Crippen LogP contribution < -0.4 is 5.32 Å². The number of benzene rings is 1. The van der Waals surface area contributed by atoms with Crippen molar-refractivity contribution in [2.45, 2.75) is 37.8 Å². The SMILES string of the molecule is CCNC1c2cc(F)cc(F)c2CSC1C(C)C. The number of halogens is 2. The van der Waals surface area contributed by atoms with Gasteiger partial charge in [-0.3, -0.25) is 0 Å². The molecule has 0 bridgehead atoms. The normalized spacial score (nSPS) is 23.2. The van der Waals surface area contributed by atoms with Gasteiger partial charge in [-0.2, -0.15) is 11.8 Å². The Hall–Kier alpha value is -0.610. The van der Waals surface area contributed by atoms with E-state index in [1.807, 2.05) is 6.92 Å². The van der Waals surface area contributed by atoms with Crippen molar-refractivity contribution in [2.75, 3.05) is 6.54 Å². The number of fused-ring (bicyclic) bond motifs is 1. The van der Waals surface area contributed by atoms with Crippen LogP contribution in [0.15, 0.2) is 12.1 Å². The molecule has 1 aliphatic heterocycles. The van der Waals surface area contributed by atoms with E-state index in [4.69, 9.17) is 0 Å². The van der Waals surface area contributed by atoms with Crippen LogP contribution in [0, 0.1) is 17.6 Å². The van der Waals surface area contributed by atoms with Crippen LogP contribution in [0.25, 0.3) is 0 Å². The first-order valence-corrected chi connectivity index (χ1v) is 7.42. The molecular weight excluding hydrogens is 252 g/mol. The van der Waals surface area contributed by atoms with Crippen molar-refractivity contribution in [2.24, 2.45) is 5.92 Å². The first-order valence-electron chi connectivity index (χ1n) is 6.37. The molecule has 0 saturated heterocycles. The molecule has 100 valence electrons. The molecule has 0 aliphatic carbocycles. The fourth-order valence-electron chi connectivity index (χ4n) is 2.53. The summed E-state index contributed by atoms with van der Waals surface area (Å²) in [6, 6.07) is 2.51. The molecule has 1 nitrogen and oxygen atoms in total. The molecule has 0 amide bonds. The van der Waals surface area contributed by atoms with E-state index in [9.17, 15) is 8.78 Å². The second kappa shape index (κ2) is 5.57. The monoisotopic (exact) mass is 271 g/mol. The lowest BCUT2D eigenvalue weighted by Gasteiger charge is -2.36. The Morgan fingerprint density at radius 2 is 2.11 bits per heavy atom. The zero-order valence-corrected chi connectivity index (χ0v) is 11.8. The third kappa shape index (κ3) is 2.54. The van der Waals surface area contributed by atoms with E-state index in [0.717, 1.165) is 18.2 Å². The van der Waals surface area contributed by atoms with Crippen molar-refractivity contribution >= 4 is 11.8 Å². The topological polar surface area (TPSA) is 12.0 Å². The molecule has 18 heavy (non-hydrogen) atoms. The van der Waals surface area contributed by atoms with Crippen molar-refractivity contribution in [1.29, 1.82) is 0 Å². The first kappa shape index (κ1) is 13.8. The van der Waals surface area contributed by atoms with Gasteiger partial charge in [0.1, 0.15) is 11.6 Å². The van der Waals surface area contributed by atoms with Gasteiger partial charge in [0.05, 0.1) is 0 Å². The Labute approximate surface area is 111 Å². The van der Waals surface area contributed by atoms with Crippen molar-refractivity contribution in [3.05, 3.63) is 34.9 Å². The van der Waals surface area contributed by atoms with Crippen LogP contribution in [0.2, 0.25) is 0 Å². The van der Waals surface area contributed by atoms with Crippen LogP contribution in [0.1, 0.15) is 37.9 Å². The fourth-order valence-corrected chi connectivity index (χ4v) is 4.01. The minimum atomic E-state index is -0.483. The number of nitrogens with one attached hydrogen (secondary N) is 1. The molecule has 1 N–H and O–H groups in total. The molecule has 4 heteroatoms. The van der Waals surface area contributed by atoms with Gasteiger partial charge in [-0.05, 0) is 24.1 Å². The van der Waals surface area contributed by atoms with Gasteiger partial charge in [0.15, 0.2) is 0 Å². The Morgan fingerprint density at radius 1 is 1.39 bits per heavy atom. The maximum Gasteiger partial charge on any atom is 0.130 e. The predicted molar refractivity (Wildman–Crippen MR) is 72.7 cm³/mol. The van der Waals surface area contributed by atoms with E-state index in [2.05, 4.69) is 19.2 Å². The van der Waals surface area contributed by atoms with E-state index < -0.39 is 11.6 Å². The number of hydrogen-bond donors (Lipinski definition) is 1. The summed E-state index contributed by atoms with van der Waals surface area (Å²) < 4.78 is 27.2. The van der Waals surface area contributed by atoms with Crippen molar-refractivity contribution in [3.63, 3.8) is 0 Å². The summed E-state index contributed by atoms with van der Waals surface area (Å²) in [6.45, 7) is 7.13. The Bertz CT molecular complexity index is 434. The summed E-state index contributed by atoms with van der Waals surface area (Å²) in [5, 5.41) is 3.73. The molecule has 2 unspecified atom stereocenters. The molecule has 2 rings (SSSR count). The third-order valence-corrected chi connectivity index (χ3v) is 5.02. The van der Waals surface area contributed by atoms with Gasteiger partial charge in [0, 0.05) is 28.7 Å². The summed E-state index contributed by atoms with van der Waals surface area (Å²) in [6.07, 6.45) is 0. The molecule has 0 saturated carbocycles. The van der Waals surface area contributed by atoms with Gasteiger partial charge in [0.2, 0.25) is 0 Å². The molecule has 0 spiro atoms. The second-order valence-electron chi connectivity index (χ2n) is 5.01. The van der Waals surface area contributed by atoms with Crippen LogP contribution in [-0.4, -0.2) is 11.8 Å². The van der Waals surface area contributed by atoms with Crippen LogP contribution in [0.4, 0.5) is 8.78 Å². The van der Waals surface area contributed by atoms with E-state index in [0.29, 0.717) is 22.5 Å². The molecule has 0 fully saturated rings.